The van der Waals surface area contributed by atoms with Crippen molar-refractivity contribution in [1.29, 1.82) is 0 Å². The van der Waals surface area contributed by atoms with Crippen molar-refractivity contribution in [2.45, 2.75) is 0 Å². The van der Waals surface area contributed by atoms with Gasteiger partial charge in [-0.15, -0.1) is 0 Å². The molecule has 88 valence electrons. The Kier molecular flexibility index (Phi) is 4.09. The molecule has 0 saturated heterocycles. The van der Waals surface area contributed by atoms with E-state index < -0.39 is 6.03 Å². The quantitative estimate of drug-likeness (QED) is 0.881. The third-order valence-electron chi connectivity index (χ3n) is 1.82. The minimum Gasteiger partial charge on any atom is -0.495 e. The second kappa shape index (κ2) is 5.14. The number of urea groups is 1. The lowest BCUT2D eigenvalue weighted by atomic mass is 10.2. The summed E-state index contributed by atoms with van der Waals surface area (Å²) in [6, 6.07) is 0.732. The fourth-order valence-electron chi connectivity index (χ4n) is 1.12. The Morgan fingerprint density at radius 1 is 1.25 bits per heavy atom. The zero-order valence-corrected chi connectivity index (χ0v) is 10.1. The maximum absolute atomic E-state index is 10.8. The number of rotatable bonds is 3. The third-order valence-corrected chi connectivity index (χ3v) is 2.57. The summed E-state index contributed by atoms with van der Waals surface area (Å²) >= 11 is 11.9. The van der Waals surface area contributed by atoms with Crippen molar-refractivity contribution in [2.75, 3.05) is 19.5 Å². The lowest BCUT2D eigenvalue weighted by molar-refractivity contribution is 0.259. The highest BCUT2D eigenvalue weighted by molar-refractivity contribution is 6.41. The average Bonchev–Trinajstić information content (AvgIpc) is 2.24. The first-order valence-electron chi connectivity index (χ1n) is 4.17. The van der Waals surface area contributed by atoms with Gasteiger partial charge in [0, 0.05) is 6.07 Å². The topological polar surface area (TPSA) is 73.6 Å². The number of hydrogen-bond donors (Lipinski definition) is 2. The summed E-state index contributed by atoms with van der Waals surface area (Å²) in [5.74, 6) is 0.651. The molecule has 7 heteroatoms. The van der Waals surface area contributed by atoms with E-state index in [9.17, 15) is 4.79 Å². The largest absolute Gasteiger partial charge is 0.495 e. The molecule has 0 atom stereocenters. The molecule has 1 aromatic rings. The van der Waals surface area contributed by atoms with Gasteiger partial charge in [0.05, 0.1) is 19.9 Å². The number of nitrogens with two attached hydrogens (primary N) is 1. The molecule has 0 unspecified atom stereocenters. The molecule has 0 bridgehead atoms. The normalized spacial score (nSPS) is 9.75. The summed E-state index contributed by atoms with van der Waals surface area (Å²) < 4.78 is 10.0. The zero-order valence-electron chi connectivity index (χ0n) is 8.64. The van der Waals surface area contributed by atoms with Gasteiger partial charge in [-0.2, -0.15) is 0 Å². The molecule has 0 radical (unpaired) electrons. The number of benzene rings is 1. The Morgan fingerprint density at radius 2 is 1.69 bits per heavy atom. The van der Waals surface area contributed by atoms with Crippen LogP contribution < -0.4 is 20.5 Å². The number of hydrogen-bond acceptors (Lipinski definition) is 3. The molecule has 0 aromatic heterocycles. The Hall–Kier alpha value is -1.33. The van der Waals surface area contributed by atoms with Crippen molar-refractivity contribution in [3.63, 3.8) is 0 Å². The number of amides is 2. The Morgan fingerprint density at radius 3 is 2.00 bits per heavy atom. The van der Waals surface area contributed by atoms with Gasteiger partial charge in [-0.3, -0.25) is 0 Å². The smallest absolute Gasteiger partial charge is 0.316 e. The van der Waals surface area contributed by atoms with Gasteiger partial charge in [0.1, 0.15) is 21.5 Å². The van der Waals surface area contributed by atoms with Crippen LogP contribution >= 0.6 is 23.2 Å². The van der Waals surface area contributed by atoms with Gasteiger partial charge in [0.2, 0.25) is 0 Å². The van der Waals surface area contributed by atoms with Crippen molar-refractivity contribution >= 4 is 34.9 Å². The fourth-order valence-corrected chi connectivity index (χ4v) is 1.71. The van der Waals surface area contributed by atoms with Crippen LogP contribution in [-0.4, -0.2) is 20.3 Å². The molecule has 5 nitrogen and oxygen atoms in total. The number of carbonyl (C=O) groups excluding carboxylic acids is 1. The van der Waals surface area contributed by atoms with Crippen molar-refractivity contribution in [2.24, 2.45) is 5.73 Å². The van der Waals surface area contributed by atoms with Crippen molar-refractivity contribution in [1.82, 2.24) is 0 Å². The molecule has 0 saturated carbocycles. The molecule has 0 spiro atoms. The second-order valence-electron chi connectivity index (χ2n) is 2.77. The summed E-state index contributed by atoms with van der Waals surface area (Å²) in [6.07, 6.45) is 0. The molecule has 2 amide bonds. The van der Waals surface area contributed by atoms with Crippen LogP contribution in [0.2, 0.25) is 10.0 Å². The van der Waals surface area contributed by atoms with Crippen molar-refractivity contribution in [3.8, 4) is 11.5 Å². The minimum atomic E-state index is -0.779. The van der Waals surface area contributed by atoms with Gasteiger partial charge in [0.15, 0.2) is 0 Å². The summed E-state index contributed by atoms with van der Waals surface area (Å²) in [5.41, 5.74) is 5.16. The van der Waals surface area contributed by atoms with E-state index in [-0.39, 0.29) is 15.7 Å². The summed E-state index contributed by atoms with van der Waals surface area (Å²) in [6.45, 7) is 0. The lowest BCUT2D eigenvalue weighted by Crippen LogP contribution is -2.20. The molecule has 1 aromatic carbocycles. The number of carbonyl (C=O) groups is 1. The minimum absolute atomic E-state index is 0.159. The predicted octanol–water partition coefficient (Wildman–Crippen LogP) is 2.50. The van der Waals surface area contributed by atoms with Crippen LogP contribution in [0, 0.1) is 0 Å². The van der Waals surface area contributed by atoms with Crippen LogP contribution in [0.15, 0.2) is 6.07 Å². The third kappa shape index (κ3) is 2.43. The predicted molar refractivity (Wildman–Crippen MR) is 62.8 cm³/mol. The van der Waals surface area contributed by atoms with E-state index in [4.69, 9.17) is 38.4 Å². The number of nitrogens with one attached hydrogen (secondary N) is 1. The van der Waals surface area contributed by atoms with E-state index in [1.54, 1.807) is 0 Å². The SMILES string of the molecule is COc1cc(OC)c(Cl)c(NC(N)=O)c1Cl. The summed E-state index contributed by atoms with van der Waals surface area (Å²) in [5, 5.41) is 2.62. The first-order valence-corrected chi connectivity index (χ1v) is 4.93. The second-order valence-corrected chi connectivity index (χ2v) is 3.53. The number of methoxy groups -OCH3 is 2. The lowest BCUT2D eigenvalue weighted by Gasteiger charge is -2.14. The maximum atomic E-state index is 10.8. The van der Waals surface area contributed by atoms with Crippen LogP contribution in [0.1, 0.15) is 0 Å². The average molecular weight is 265 g/mol. The molecular formula is C9H10Cl2N2O3. The number of ether oxygens (including phenoxy) is 2. The van der Waals surface area contributed by atoms with Gasteiger partial charge in [-0.25, -0.2) is 4.79 Å². The number of primary amides is 1. The summed E-state index contributed by atoms with van der Waals surface area (Å²) in [4.78, 5) is 10.8. The molecule has 0 fully saturated rings. The van der Waals surface area contributed by atoms with Gasteiger partial charge >= 0.3 is 6.03 Å². The van der Waals surface area contributed by atoms with E-state index in [0.29, 0.717) is 11.5 Å². The first-order chi connectivity index (χ1) is 7.51. The fraction of sp³-hybridized carbons (Fsp3) is 0.222. The molecule has 3 N–H and O–H groups in total. The standard InChI is InChI=1S/C9H10Cl2N2O3/c1-15-4-3-5(16-2)7(11)8(6(4)10)13-9(12)14/h3H,1-2H3,(H3,12,13,14). The molecule has 0 aliphatic heterocycles. The van der Waals surface area contributed by atoms with E-state index in [1.807, 2.05) is 0 Å². The molecule has 1 rings (SSSR count). The number of halogens is 2. The molecular weight excluding hydrogens is 255 g/mol. The maximum Gasteiger partial charge on any atom is 0.316 e. The van der Waals surface area contributed by atoms with Gasteiger partial charge in [0.25, 0.3) is 0 Å². The van der Waals surface area contributed by atoms with E-state index in [2.05, 4.69) is 5.32 Å². The summed E-state index contributed by atoms with van der Waals surface area (Å²) in [7, 11) is 2.87. The van der Waals surface area contributed by atoms with E-state index in [0.717, 1.165) is 0 Å². The van der Waals surface area contributed by atoms with Crippen LogP contribution in [-0.2, 0) is 0 Å². The van der Waals surface area contributed by atoms with Gasteiger partial charge in [-0.05, 0) is 0 Å². The zero-order chi connectivity index (χ0) is 12.3. The van der Waals surface area contributed by atoms with Crippen LogP contribution in [0.4, 0.5) is 10.5 Å². The molecule has 0 aliphatic rings. The molecule has 0 heterocycles. The highest BCUT2D eigenvalue weighted by Gasteiger charge is 2.17. The van der Waals surface area contributed by atoms with Crippen LogP contribution in [0.5, 0.6) is 11.5 Å². The molecule has 0 aliphatic carbocycles. The van der Waals surface area contributed by atoms with Crippen molar-refractivity contribution < 1.29 is 14.3 Å². The van der Waals surface area contributed by atoms with E-state index in [1.165, 1.54) is 20.3 Å². The molecule has 16 heavy (non-hydrogen) atoms. The Balaban J connectivity index is 3.36. The van der Waals surface area contributed by atoms with Gasteiger partial charge < -0.3 is 20.5 Å². The number of anilines is 1. The monoisotopic (exact) mass is 264 g/mol. The Bertz CT molecular complexity index is 395. The van der Waals surface area contributed by atoms with Crippen LogP contribution in [0.3, 0.4) is 0 Å². The van der Waals surface area contributed by atoms with Gasteiger partial charge in [-0.1, -0.05) is 23.2 Å². The highest BCUT2D eigenvalue weighted by Crippen LogP contribution is 2.43. The highest BCUT2D eigenvalue weighted by atomic mass is 35.5. The van der Waals surface area contributed by atoms with E-state index >= 15 is 0 Å². The van der Waals surface area contributed by atoms with Crippen molar-refractivity contribution in [3.05, 3.63) is 16.1 Å². The van der Waals surface area contributed by atoms with Crippen LogP contribution in [0.25, 0.3) is 0 Å². The Labute approximate surface area is 102 Å². The first kappa shape index (κ1) is 12.7.